The molecule has 0 bridgehead atoms. The molecule has 0 radical (unpaired) electrons. The lowest BCUT2D eigenvalue weighted by atomic mass is 9.63. The molecule has 132 valence electrons. The number of carbonyl (C=O) groups is 1. The summed E-state index contributed by atoms with van der Waals surface area (Å²) < 4.78 is 23.3. The van der Waals surface area contributed by atoms with E-state index >= 15 is 0 Å². The molecule has 0 aromatic heterocycles. The first-order valence-corrected chi connectivity index (χ1v) is 10.6. The minimum atomic E-state index is -3.20. The van der Waals surface area contributed by atoms with Crippen LogP contribution in [0.4, 0.5) is 0 Å². The van der Waals surface area contributed by atoms with Gasteiger partial charge in [-0.05, 0) is 48.8 Å². The molecule has 1 saturated heterocycles. The van der Waals surface area contributed by atoms with Crippen LogP contribution in [0.3, 0.4) is 0 Å². The Hall–Kier alpha value is -1.36. The van der Waals surface area contributed by atoms with Crippen molar-refractivity contribution >= 4 is 15.7 Å². The number of amides is 1. The van der Waals surface area contributed by atoms with Crippen LogP contribution in [-0.2, 0) is 20.0 Å². The Morgan fingerprint density at radius 2 is 1.54 bits per heavy atom. The first-order chi connectivity index (χ1) is 11.1. The summed E-state index contributed by atoms with van der Waals surface area (Å²) >= 11 is 0. The van der Waals surface area contributed by atoms with E-state index in [2.05, 4.69) is 13.8 Å². The quantitative estimate of drug-likeness (QED) is 0.842. The summed E-state index contributed by atoms with van der Waals surface area (Å²) in [6.45, 7) is 6.18. The Balaban J connectivity index is 1.83. The van der Waals surface area contributed by atoms with Crippen LogP contribution >= 0.6 is 0 Å². The Kier molecular flexibility index (Phi) is 4.27. The third-order valence-corrected chi connectivity index (χ3v) is 6.98. The highest BCUT2D eigenvalue weighted by Crippen LogP contribution is 2.46. The lowest BCUT2D eigenvalue weighted by Gasteiger charge is -2.46. The maximum absolute atomic E-state index is 13.2. The summed E-state index contributed by atoms with van der Waals surface area (Å²) in [4.78, 5) is 15.5. The van der Waals surface area contributed by atoms with Gasteiger partial charge in [-0.3, -0.25) is 4.79 Å². The fraction of sp³-hybridized carbons (Fsp3) is 0.632. The average molecular weight is 349 g/mol. The maximum Gasteiger partial charge on any atom is 0.233 e. The van der Waals surface area contributed by atoms with E-state index in [4.69, 9.17) is 0 Å². The first kappa shape index (κ1) is 17.5. The molecule has 1 amide bonds. The third kappa shape index (κ3) is 3.10. The molecule has 2 fully saturated rings. The van der Waals surface area contributed by atoms with Crippen molar-refractivity contribution in [3.8, 4) is 0 Å². The fourth-order valence-electron chi connectivity index (χ4n) is 3.80. The molecule has 1 aromatic carbocycles. The van der Waals surface area contributed by atoms with Crippen molar-refractivity contribution in [1.82, 2.24) is 4.90 Å². The van der Waals surface area contributed by atoms with E-state index in [1.165, 1.54) is 6.26 Å². The van der Waals surface area contributed by atoms with Crippen LogP contribution in [0.15, 0.2) is 29.2 Å². The standard InChI is InChI=1S/C19H27NO3S/c1-18(2)11-13-20(14-12-18)17(21)19(9-4-10-19)15-5-7-16(8-6-15)24(3,22)23/h5-8H,4,9-14H2,1-3H3. The smallest absolute Gasteiger partial charge is 0.233 e. The minimum Gasteiger partial charge on any atom is -0.342 e. The van der Waals surface area contributed by atoms with Crippen LogP contribution in [0.5, 0.6) is 0 Å². The second-order valence-electron chi connectivity index (χ2n) is 8.19. The van der Waals surface area contributed by atoms with Crippen LogP contribution in [0.1, 0.15) is 51.5 Å². The molecule has 4 nitrogen and oxygen atoms in total. The van der Waals surface area contributed by atoms with E-state index in [1.54, 1.807) is 12.1 Å². The molecule has 3 rings (SSSR count). The van der Waals surface area contributed by atoms with E-state index in [9.17, 15) is 13.2 Å². The minimum absolute atomic E-state index is 0.233. The van der Waals surface area contributed by atoms with E-state index in [-0.39, 0.29) is 5.91 Å². The molecule has 1 heterocycles. The van der Waals surface area contributed by atoms with Gasteiger partial charge in [0, 0.05) is 19.3 Å². The predicted molar refractivity (Wildman–Crippen MR) is 94.7 cm³/mol. The zero-order chi connectivity index (χ0) is 17.6. The molecule has 0 spiro atoms. The van der Waals surface area contributed by atoms with Crippen LogP contribution < -0.4 is 0 Å². The van der Waals surface area contributed by atoms with Gasteiger partial charge in [0.05, 0.1) is 10.3 Å². The topological polar surface area (TPSA) is 54.5 Å². The zero-order valence-corrected chi connectivity index (χ0v) is 15.7. The Morgan fingerprint density at radius 1 is 1.00 bits per heavy atom. The van der Waals surface area contributed by atoms with Gasteiger partial charge < -0.3 is 4.90 Å². The molecule has 0 N–H and O–H groups in total. The Labute approximate surface area is 145 Å². The summed E-state index contributed by atoms with van der Waals surface area (Å²) in [5, 5.41) is 0. The summed E-state index contributed by atoms with van der Waals surface area (Å²) in [5.74, 6) is 0.233. The predicted octanol–water partition coefficient (Wildman–Crippen LogP) is 3.16. The molecule has 1 saturated carbocycles. The fourth-order valence-corrected chi connectivity index (χ4v) is 4.43. The van der Waals surface area contributed by atoms with Crippen molar-refractivity contribution in [1.29, 1.82) is 0 Å². The number of piperidine rings is 1. The van der Waals surface area contributed by atoms with Crippen molar-refractivity contribution in [2.24, 2.45) is 5.41 Å². The second kappa shape index (κ2) is 5.87. The van der Waals surface area contributed by atoms with Crippen LogP contribution in [-0.4, -0.2) is 38.6 Å². The molecule has 24 heavy (non-hydrogen) atoms. The van der Waals surface area contributed by atoms with Crippen LogP contribution in [0.2, 0.25) is 0 Å². The number of benzene rings is 1. The normalized spacial score (nSPS) is 22.7. The maximum atomic E-state index is 13.2. The van der Waals surface area contributed by atoms with Crippen molar-refractivity contribution in [3.63, 3.8) is 0 Å². The molecule has 0 unspecified atom stereocenters. The number of carbonyl (C=O) groups excluding carboxylic acids is 1. The van der Waals surface area contributed by atoms with Crippen molar-refractivity contribution in [2.75, 3.05) is 19.3 Å². The highest BCUT2D eigenvalue weighted by Gasteiger charge is 2.48. The van der Waals surface area contributed by atoms with Crippen LogP contribution in [0, 0.1) is 5.41 Å². The Morgan fingerprint density at radius 3 is 1.96 bits per heavy atom. The summed E-state index contributed by atoms with van der Waals surface area (Å²) in [7, 11) is -3.20. The molecule has 5 heteroatoms. The summed E-state index contributed by atoms with van der Waals surface area (Å²) in [5.41, 5.74) is 0.856. The van der Waals surface area contributed by atoms with Crippen LogP contribution in [0.25, 0.3) is 0 Å². The Bertz CT molecular complexity index is 720. The largest absolute Gasteiger partial charge is 0.342 e. The van der Waals surface area contributed by atoms with Gasteiger partial charge in [0.25, 0.3) is 0 Å². The summed E-state index contributed by atoms with van der Waals surface area (Å²) in [6.07, 6.45) is 6.08. The lowest BCUT2D eigenvalue weighted by molar-refractivity contribution is -0.143. The van der Waals surface area contributed by atoms with Gasteiger partial charge in [0.1, 0.15) is 0 Å². The lowest BCUT2D eigenvalue weighted by Crippen LogP contribution is -2.53. The highest BCUT2D eigenvalue weighted by atomic mass is 32.2. The number of sulfone groups is 1. The third-order valence-electron chi connectivity index (χ3n) is 5.86. The van der Waals surface area contributed by atoms with E-state index in [0.29, 0.717) is 10.3 Å². The second-order valence-corrected chi connectivity index (χ2v) is 10.2. The molecular formula is C19H27NO3S. The number of rotatable bonds is 3. The number of likely N-dealkylation sites (tertiary alicyclic amines) is 1. The first-order valence-electron chi connectivity index (χ1n) is 8.74. The molecular weight excluding hydrogens is 322 g/mol. The van der Waals surface area contributed by atoms with Gasteiger partial charge in [-0.25, -0.2) is 8.42 Å². The number of hydrogen-bond acceptors (Lipinski definition) is 3. The van der Waals surface area contributed by atoms with Gasteiger partial charge in [0.15, 0.2) is 9.84 Å². The number of hydrogen-bond donors (Lipinski definition) is 0. The van der Waals surface area contributed by atoms with Gasteiger partial charge in [0.2, 0.25) is 5.91 Å². The summed E-state index contributed by atoms with van der Waals surface area (Å²) in [6, 6.07) is 6.94. The monoisotopic (exact) mass is 349 g/mol. The molecule has 1 aromatic rings. The van der Waals surface area contributed by atoms with Gasteiger partial charge in [-0.15, -0.1) is 0 Å². The van der Waals surface area contributed by atoms with Gasteiger partial charge >= 0.3 is 0 Å². The SMILES string of the molecule is CC1(C)CCN(C(=O)C2(c3ccc(S(C)(=O)=O)cc3)CCC2)CC1. The molecule has 2 aliphatic rings. The number of nitrogens with zero attached hydrogens (tertiary/aromatic N) is 1. The van der Waals surface area contributed by atoms with Gasteiger partial charge in [-0.2, -0.15) is 0 Å². The van der Waals surface area contributed by atoms with Crippen molar-refractivity contribution in [3.05, 3.63) is 29.8 Å². The van der Waals surface area contributed by atoms with Crippen molar-refractivity contribution < 1.29 is 13.2 Å². The zero-order valence-electron chi connectivity index (χ0n) is 14.8. The molecule has 0 atom stereocenters. The molecule has 1 aliphatic heterocycles. The highest BCUT2D eigenvalue weighted by molar-refractivity contribution is 7.90. The van der Waals surface area contributed by atoms with Crippen molar-refractivity contribution in [2.45, 2.75) is 56.3 Å². The van der Waals surface area contributed by atoms with E-state index in [1.807, 2.05) is 17.0 Å². The van der Waals surface area contributed by atoms with Gasteiger partial charge in [-0.1, -0.05) is 32.4 Å². The van der Waals surface area contributed by atoms with E-state index in [0.717, 1.165) is 50.8 Å². The van der Waals surface area contributed by atoms with E-state index < -0.39 is 15.3 Å². The molecule has 1 aliphatic carbocycles. The average Bonchev–Trinajstić information content (AvgIpc) is 2.45.